The summed E-state index contributed by atoms with van der Waals surface area (Å²) < 4.78 is 173. The monoisotopic (exact) mass is 1020 g/mol. The van der Waals surface area contributed by atoms with E-state index in [4.69, 9.17) is 0 Å². The van der Waals surface area contributed by atoms with Crippen molar-refractivity contribution in [3.8, 4) is 22.4 Å². The molecule has 2 aromatic carbocycles. The number of alkyl halides is 10. The molecule has 0 unspecified atom stereocenters. The lowest BCUT2D eigenvalue weighted by Crippen LogP contribution is -2.64. The number of carbonyl (C=O) groups is 4. The summed E-state index contributed by atoms with van der Waals surface area (Å²) in [4.78, 5) is 54.0. The summed E-state index contributed by atoms with van der Waals surface area (Å²) in [6, 6.07) is 1.41. The Balaban J connectivity index is 1.38. The first-order chi connectivity index (χ1) is 33.0. The SMILES string of the molecule is CC(C)([C@H](NC(=O)C1CC1)C(=O)N[C@@H](Cc1ccc(-c2cnn(C(F)F)c2)cc1)[C@@H](O)CN(Cc1c(F)cc(-c2ccn(C(F)F)n2)cc1F)NC(=O)[C@@H](NC(=O)C1CC1)C(C)(C)C(F)(F)F)C(F)(F)F. The van der Waals surface area contributed by atoms with Gasteiger partial charge in [0.2, 0.25) is 17.7 Å². The molecule has 2 aliphatic rings. The van der Waals surface area contributed by atoms with Gasteiger partial charge < -0.3 is 21.1 Å². The van der Waals surface area contributed by atoms with Crippen LogP contribution < -0.4 is 21.4 Å². The third-order valence-corrected chi connectivity index (χ3v) is 12.5. The van der Waals surface area contributed by atoms with Gasteiger partial charge in [-0.3, -0.25) is 24.6 Å². The summed E-state index contributed by atoms with van der Waals surface area (Å²) in [7, 11) is 0. The summed E-state index contributed by atoms with van der Waals surface area (Å²) in [5.74, 6) is -9.12. The number of aromatic nitrogens is 4. The number of hydrazine groups is 1. The molecule has 6 rings (SSSR count). The number of nitrogens with zero attached hydrogens (tertiary/aromatic N) is 5. The first-order valence-corrected chi connectivity index (χ1v) is 22.0. The van der Waals surface area contributed by atoms with Gasteiger partial charge in [-0.1, -0.05) is 24.3 Å². The highest BCUT2D eigenvalue weighted by Gasteiger charge is 2.57. The van der Waals surface area contributed by atoms with Crippen LogP contribution in [0.3, 0.4) is 0 Å². The lowest BCUT2D eigenvalue weighted by Gasteiger charge is -2.38. The zero-order chi connectivity index (χ0) is 52.5. The molecule has 4 aromatic rings. The normalized spacial score (nSPS) is 16.5. The topological polar surface area (TPSA) is 176 Å². The van der Waals surface area contributed by atoms with Crippen LogP contribution in [0, 0.1) is 34.3 Å². The molecule has 2 fully saturated rings. The first kappa shape index (κ1) is 54.2. The molecule has 4 atom stereocenters. The maximum Gasteiger partial charge on any atom is 0.396 e. The Morgan fingerprint density at radius 3 is 1.68 bits per heavy atom. The summed E-state index contributed by atoms with van der Waals surface area (Å²) in [6.07, 6.45) is -8.72. The molecule has 0 saturated heterocycles. The summed E-state index contributed by atoms with van der Waals surface area (Å²) in [5, 5.41) is 26.2. The molecule has 14 nitrogen and oxygen atoms in total. The molecule has 388 valence electrons. The number of halogens is 12. The van der Waals surface area contributed by atoms with Crippen molar-refractivity contribution in [1.82, 2.24) is 45.9 Å². The van der Waals surface area contributed by atoms with Crippen molar-refractivity contribution in [3.63, 3.8) is 0 Å². The Labute approximate surface area is 397 Å². The molecular weight excluding hydrogens is 975 g/mol. The van der Waals surface area contributed by atoms with Crippen molar-refractivity contribution in [1.29, 1.82) is 0 Å². The van der Waals surface area contributed by atoms with E-state index in [1.807, 2.05) is 0 Å². The number of carbonyl (C=O) groups excluding carboxylic acids is 4. The van der Waals surface area contributed by atoms with Gasteiger partial charge in [-0.25, -0.2) is 23.2 Å². The average molecular weight is 1020 g/mol. The summed E-state index contributed by atoms with van der Waals surface area (Å²) in [6.45, 7) is -5.85. The quantitative estimate of drug-likeness (QED) is 0.0425. The standard InChI is InChI=1S/C45H49F12N9O5/c1-42(2,44(52,53)54)34(60-36(68)24-9-10-24)38(70)59-32(15-22-5-7-23(8-6-22)27-18-58-66(19-27)41(50)51)33(67)21-64(63-39(71)35(43(3,4)45(55,56)57)61-37(69)25-11-12-25)20-28-29(46)16-26(17-30(28)47)31-13-14-65(62-31)40(48)49/h5-8,13-14,16-19,24-25,32-35,40-41,67H,9-12,15,20-21H2,1-4H3,(H,59,70)(H,60,68)(H,61,69)(H,63,71)/t32-,33-,34+,35+/m0/s1. The third kappa shape index (κ3) is 12.8. The van der Waals surface area contributed by atoms with E-state index in [0.717, 1.165) is 24.7 Å². The highest BCUT2D eigenvalue weighted by atomic mass is 19.4. The largest absolute Gasteiger partial charge is 0.396 e. The van der Waals surface area contributed by atoms with E-state index in [-0.39, 0.29) is 27.1 Å². The van der Waals surface area contributed by atoms with Crippen LogP contribution in [0.5, 0.6) is 0 Å². The lowest BCUT2D eigenvalue weighted by atomic mass is 9.82. The van der Waals surface area contributed by atoms with Gasteiger partial charge in [0.05, 0.1) is 34.9 Å². The number of aliphatic hydroxyl groups excluding tert-OH is 1. The van der Waals surface area contributed by atoms with Crippen molar-refractivity contribution in [3.05, 3.63) is 83.8 Å². The fraction of sp³-hybridized carbons (Fsp3) is 0.511. The second-order valence-corrected chi connectivity index (χ2v) is 18.7. The van der Waals surface area contributed by atoms with Gasteiger partial charge in [0, 0.05) is 54.0 Å². The summed E-state index contributed by atoms with van der Waals surface area (Å²) >= 11 is 0. The molecule has 5 N–H and O–H groups in total. The second kappa shape index (κ2) is 20.9. The van der Waals surface area contributed by atoms with Crippen LogP contribution in [0.2, 0.25) is 0 Å². The molecule has 2 heterocycles. The van der Waals surface area contributed by atoms with Gasteiger partial charge in [0.15, 0.2) is 0 Å². The van der Waals surface area contributed by atoms with E-state index in [9.17, 15) is 68.2 Å². The number of amides is 4. The number of rotatable bonds is 21. The average Bonchev–Trinajstić information content (AvgIpc) is 4.21. The fourth-order valence-corrected chi connectivity index (χ4v) is 7.33. The maximum absolute atomic E-state index is 16.0. The van der Waals surface area contributed by atoms with E-state index in [1.165, 1.54) is 24.3 Å². The predicted molar refractivity (Wildman–Crippen MR) is 227 cm³/mol. The number of nitrogens with one attached hydrogen (secondary N) is 4. The molecule has 2 aliphatic carbocycles. The number of hydrogen-bond acceptors (Lipinski definition) is 8. The number of hydrogen-bond donors (Lipinski definition) is 5. The summed E-state index contributed by atoms with van der Waals surface area (Å²) in [5.41, 5.74) is -4.72. The molecule has 26 heteroatoms. The van der Waals surface area contributed by atoms with E-state index in [0.29, 0.717) is 80.8 Å². The Hall–Kier alpha value is -6.18. The zero-order valence-corrected chi connectivity index (χ0v) is 38.2. The van der Waals surface area contributed by atoms with Crippen LogP contribution in [-0.2, 0) is 32.1 Å². The smallest absolute Gasteiger partial charge is 0.390 e. The maximum atomic E-state index is 16.0. The van der Waals surface area contributed by atoms with Crippen LogP contribution in [0.1, 0.15) is 77.6 Å². The minimum atomic E-state index is -5.18. The van der Waals surface area contributed by atoms with E-state index in [2.05, 4.69) is 31.6 Å². The molecule has 4 amide bonds. The van der Waals surface area contributed by atoms with Crippen LogP contribution in [0.4, 0.5) is 52.7 Å². The zero-order valence-electron chi connectivity index (χ0n) is 38.2. The van der Waals surface area contributed by atoms with E-state index < -0.39 is 133 Å². The van der Waals surface area contributed by atoms with Gasteiger partial charge >= 0.3 is 25.5 Å². The predicted octanol–water partition coefficient (Wildman–Crippen LogP) is 7.37. The molecule has 0 bridgehead atoms. The van der Waals surface area contributed by atoms with Crippen molar-refractivity contribution in [2.45, 2.75) is 116 Å². The van der Waals surface area contributed by atoms with E-state index >= 15 is 8.78 Å². The van der Waals surface area contributed by atoms with Crippen LogP contribution in [-0.4, -0.2) is 96.4 Å². The molecular formula is C45H49F12N9O5. The minimum absolute atomic E-state index is 0.195. The highest BCUT2D eigenvalue weighted by molar-refractivity contribution is 5.91. The van der Waals surface area contributed by atoms with Gasteiger partial charge in [0.1, 0.15) is 23.7 Å². The van der Waals surface area contributed by atoms with Gasteiger partial charge in [-0.05, 0) is 89.1 Å². The Kier molecular flexibility index (Phi) is 15.9. The van der Waals surface area contributed by atoms with Crippen molar-refractivity contribution >= 4 is 23.6 Å². The van der Waals surface area contributed by atoms with Crippen molar-refractivity contribution < 1.29 is 77.0 Å². The fourth-order valence-electron chi connectivity index (χ4n) is 7.33. The molecule has 71 heavy (non-hydrogen) atoms. The Morgan fingerprint density at radius 1 is 0.718 bits per heavy atom. The second-order valence-electron chi connectivity index (χ2n) is 18.7. The van der Waals surface area contributed by atoms with Crippen LogP contribution in [0.15, 0.2) is 61.1 Å². The first-order valence-electron chi connectivity index (χ1n) is 22.0. The Bertz CT molecular complexity index is 2530. The van der Waals surface area contributed by atoms with Crippen molar-refractivity contribution in [2.24, 2.45) is 22.7 Å². The molecule has 2 aromatic heterocycles. The molecule has 0 spiro atoms. The lowest BCUT2D eigenvalue weighted by molar-refractivity contribution is -0.222. The van der Waals surface area contributed by atoms with Crippen molar-refractivity contribution in [2.75, 3.05) is 6.54 Å². The third-order valence-electron chi connectivity index (χ3n) is 12.5. The molecule has 0 aliphatic heterocycles. The molecule has 0 radical (unpaired) electrons. The van der Waals surface area contributed by atoms with Crippen LogP contribution >= 0.6 is 0 Å². The highest BCUT2D eigenvalue weighted by Crippen LogP contribution is 2.43. The number of benzene rings is 2. The van der Waals surface area contributed by atoms with Gasteiger partial charge in [-0.15, -0.1) is 0 Å². The Morgan fingerprint density at radius 2 is 1.23 bits per heavy atom. The minimum Gasteiger partial charge on any atom is -0.390 e. The van der Waals surface area contributed by atoms with Crippen LogP contribution in [0.25, 0.3) is 22.4 Å². The number of aliphatic hydroxyl groups is 1. The molecule has 2 saturated carbocycles. The van der Waals surface area contributed by atoms with E-state index in [1.54, 1.807) is 0 Å². The van der Waals surface area contributed by atoms with Gasteiger partial charge in [-0.2, -0.15) is 54.1 Å². The van der Waals surface area contributed by atoms with Gasteiger partial charge in [0.25, 0.3) is 5.91 Å².